The lowest BCUT2D eigenvalue weighted by molar-refractivity contribution is -0.116. The second kappa shape index (κ2) is 8.35. The minimum atomic E-state index is -0.114. The number of amides is 1. The van der Waals surface area contributed by atoms with E-state index in [2.05, 4.69) is 45.7 Å². The van der Waals surface area contributed by atoms with Gasteiger partial charge in [0.15, 0.2) is 11.5 Å². The first-order valence-electron chi connectivity index (χ1n) is 11.4. The van der Waals surface area contributed by atoms with Crippen molar-refractivity contribution in [3.05, 3.63) is 94.9 Å². The van der Waals surface area contributed by atoms with E-state index >= 15 is 0 Å². The Bertz CT molecular complexity index is 1550. The molecule has 0 saturated carbocycles. The molecule has 9 heteroatoms. The molecular weight excluding hydrogens is 442 g/mol. The Morgan fingerprint density at radius 3 is 2.74 bits per heavy atom. The van der Waals surface area contributed by atoms with Crippen molar-refractivity contribution in [2.24, 2.45) is 0 Å². The maximum atomic E-state index is 12.7. The van der Waals surface area contributed by atoms with Crippen LogP contribution in [0.4, 0.5) is 5.82 Å². The van der Waals surface area contributed by atoms with Crippen molar-refractivity contribution in [1.82, 2.24) is 29.6 Å². The number of aromatic nitrogens is 6. The second-order valence-electron chi connectivity index (χ2n) is 8.74. The first-order valence-corrected chi connectivity index (χ1v) is 11.4. The SMILES string of the molecule is Cc1cccc(COc2ccc([C@@H]3CC(=O)Nc4c3c(C)nn4-c3ccc4nncn4n3)cc2)c1. The first kappa shape index (κ1) is 21.0. The third-order valence-electron chi connectivity index (χ3n) is 6.24. The number of carbonyl (C=O) groups is 1. The van der Waals surface area contributed by atoms with Gasteiger partial charge in [-0.1, -0.05) is 42.0 Å². The predicted octanol–water partition coefficient (Wildman–Crippen LogP) is 3.98. The molecule has 5 aromatic rings. The molecule has 1 N–H and O–H groups in total. The van der Waals surface area contributed by atoms with Gasteiger partial charge in [0.2, 0.25) is 5.91 Å². The Balaban J connectivity index is 1.29. The summed E-state index contributed by atoms with van der Waals surface area (Å²) in [4.78, 5) is 12.7. The van der Waals surface area contributed by atoms with Gasteiger partial charge >= 0.3 is 0 Å². The third-order valence-corrected chi connectivity index (χ3v) is 6.24. The molecule has 0 unspecified atom stereocenters. The van der Waals surface area contributed by atoms with Crippen LogP contribution in [0.15, 0.2) is 67.0 Å². The molecule has 0 spiro atoms. The Kier molecular flexibility index (Phi) is 5.02. The highest BCUT2D eigenvalue weighted by Gasteiger charge is 2.33. The van der Waals surface area contributed by atoms with Crippen LogP contribution in [0.3, 0.4) is 0 Å². The van der Waals surface area contributed by atoms with E-state index in [4.69, 9.17) is 9.84 Å². The van der Waals surface area contributed by atoms with Crippen molar-refractivity contribution >= 4 is 17.4 Å². The summed E-state index contributed by atoms with van der Waals surface area (Å²) in [6, 6.07) is 19.9. The van der Waals surface area contributed by atoms with E-state index in [9.17, 15) is 4.79 Å². The van der Waals surface area contributed by atoms with Gasteiger partial charge in [0, 0.05) is 17.9 Å². The van der Waals surface area contributed by atoms with Gasteiger partial charge in [0.05, 0.1) is 5.69 Å². The van der Waals surface area contributed by atoms with E-state index in [1.807, 2.05) is 49.4 Å². The van der Waals surface area contributed by atoms with Crippen LogP contribution in [0.1, 0.15) is 40.3 Å². The van der Waals surface area contributed by atoms with Crippen LogP contribution in [-0.2, 0) is 11.4 Å². The Morgan fingerprint density at radius 1 is 1.06 bits per heavy atom. The summed E-state index contributed by atoms with van der Waals surface area (Å²) in [6.45, 7) is 4.53. The van der Waals surface area contributed by atoms with E-state index in [-0.39, 0.29) is 11.8 Å². The average molecular weight is 466 g/mol. The summed E-state index contributed by atoms with van der Waals surface area (Å²) in [6.07, 6.45) is 1.88. The minimum Gasteiger partial charge on any atom is -0.489 e. The number of carbonyl (C=O) groups excluding carboxylic acids is 1. The molecule has 2 aromatic carbocycles. The quantitative estimate of drug-likeness (QED) is 0.422. The maximum Gasteiger partial charge on any atom is 0.226 e. The largest absolute Gasteiger partial charge is 0.489 e. The number of anilines is 1. The van der Waals surface area contributed by atoms with Crippen LogP contribution in [0.2, 0.25) is 0 Å². The van der Waals surface area contributed by atoms with Crippen molar-refractivity contribution in [3.8, 4) is 11.6 Å². The molecule has 35 heavy (non-hydrogen) atoms. The lowest BCUT2D eigenvalue weighted by Gasteiger charge is -2.24. The summed E-state index contributed by atoms with van der Waals surface area (Å²) in [5.74, 6) is 1.83. The molecule has 1 aliphatic rings. The van der Waals surface area contributed by atoms with Crippen molar-refractivity contribution in [1.29, 1.82) is 0 Å². The molecule has 0 fully saturated rings. The average Bonchev–Trinajstić information content (AvgIpc) is 3.46. The van der Waals surface area contributed by atoms with E-state index < -0.39 is 0 Å². The zero-order valence-electron chi connectivity index (χ0n) is 19.3. The maximum absolute atomic E-state index is 12.7. The normalized spacial score (nSPS) is 15.1. The van der Waals surface area contributed by atoms with Gasteiger partial charge < -0.3 is 10.1 Å². The molecule has 0 bridgehead atoms. The molecule has 174 valence electrons. The monoisotopic (exact) mass is 465 g/mol. The molecule has 9 nitrogen and oxygen atoms in total. The molecule has 0 saturated heterocycles. The fourth-order valence-corrected chi connectivity index (χ4v) is 4.59. The van der Waals surface area contributed by atoms with Crippen LogP contribution in [0.5, 0.6) is 5.75 Å². The molecule has 1 aliphatic heterocycles. The number of hydrogen-bond acceptors (Lipinski definition) is 6. The molecule has 4 heterocycles. The Labute approximate surface area is 201 Å². The molecule has 0 aliphatic carbocycles. The van der Waals surface area contributed by atoms with Crippen LogP contribution < -0.4 is 10.1 Å². The Morgan fingerprint density at radius 2 is 1.91 bits per heavy atom. The second-order valence-corrected chi connectivity index (χ2v) is 8.74. The van der Waals surface area contributed by atoms with Gasteiger partial charge in [-0.15, -0.1) is 15.3 Å². The van der Waals surface area contributed by atoms with Gasteiger partial charge in [0.1, 0.15) is 24.5 Å². The van der Waals surface area contributed by atoms with E-state index in [0.717, 1.165) is 28.1 Å². The van der Waals surface area contributed by atoms with Crippen molar-refractivity contribution in [3.63, 3.8) is 0 Å². The van der Waals surface area contributed by atoms with Crippen LogP contribution in [0.25, 0.3) is 11.5 Å². The van der Waals surface area contributed by atoms with Crippen molar-refractivity contribution in [2.75, 3.05) is 5.32 Å². The van der Waals surface area contributed by atoms with Gasteiger partial charge in [-0.3, -0.25) is 4.79 Å². The molecule has 3 aromatic heterocycles. The van der Waals surface area contributed by atoms with Crippen LogP contribution in [0, 0.1) is 13.8 Å². The van der Waals surface area contributed by atoms with Gasteiger partial charge in [-0.25, -0.2) is 0 Å². The lowest BCUT2D eigenvalue weighted by Crippen LogP contribution is -2.25. The first-order chi connectivity index (χ1) is 17.0. The Hall–Kier alpha value is -4.53. The molecule has 0 radical (unpaired) electrons. The smallest absolute Gasteiger partial charge is 0.226 e. The number of ether oxygens (including phenoxy) is 1. The summed E-state index contributed by atoms with van der Waals surface area (Å²) in [7, 11) is 0. The van der Waals surface area contributed by atoms with Gasteiger partial charge in [-0.2, -0.15) is 14.3 Å². The molecule has 1 amide bonds. The summed E-state index contributed by atoms with van der Waals surface area (Å²) in [5, 5.41) is 20.1. The highest BCUT2D eigenvalue weighted by Crippen LogP contribution is 2.40. The van der Waals surface area contributed by atoms with Crippen LogP contribution >= 0.6 is 0 Å². The number of benzene rings is 2. The summed E-state index contributed by atoms with van der Waals surface area (Å²) >= 11 is 0. The number of nitrogens with one attached hydrogen (secondary N) is 1. The predicted molar refractivity (Wildman–Crippen MR) is 130 cm³/mol. The minimum absolute atomic E-state index is 0.0613. The summed E-state index contributed by atoms with van der Waals surface area (Å²) in [5.41, 5.74) is 5.84. The lowest BCUT2D eigenvalue weighted by atomic mass is 9.86. The van der Waals surface area contributed by atoms with Gasteiger partial charge in [-0.05, 0) is 49.2 Å². The van der Waals surface area contributed by atoms with Crippen molar-refractivity contribution < 1.29 is 9.53 Å². The number of rotatable bonds is 5. The standard InChI is InChI=1S/C26H23N7O2/c1-16-4-3-5-18(12-16)14-35-20-8-6-19(7-9-20)21-13-24(34)28-26-25(21)17(2)30-33(26)23-11-10-22-29-27-15-32(22)31-23/h3-12,15,21H,13-14H2,1-2H3,(H,28,34)/t21-/m0/s1. The zero-order valence-corrected chi connectivity index (χ0v) is 19.3. The van der Waals surface area contributed by atoms with Crippen molar-refractivity contribution in [2.45, 2.75) is 32.8 Å². The highest BCUT2D eigenvalue weighted by atomic mass is 16.5. The molecule has 1 atom stereocenters. The zero-order chi connectivity index (χ0) is 23.9. The molecular formula is C26H23N7O2. The number of fused-ring (bicyclic) bond motifs is 2. The number of hydrogen-bond donors (Lipinski definition) is 1. The number of nitrogens with zero attached hydrogens (tertiary/aromatic N) is 6. The molecule has 6 rings (SSSR count). The highest BCUT2D eigenvalue weighted by molar-refractivity contribution is 5.95. The fourth-order valence-electron chi connectivity index (χ4n) is 4.59. The van der Waals surface area contributed by atoms with Gasteiger partial charge in [0.25, 0.3) is 0 Å². The van der Waals surface area contributed by atoms with E-state index in [1.165, 1.54) is 11.9 Å². The third kappa shape index (κ3) is 3.90. The summed E-state index contributed by atoms with van der Waals surface area (Å²) < 4.78 is 9.23. The fraction of sp³-hybridized carbons (Fsp3) is 0.192. The van der Waals surface area contributed by atoms with E-state index in [1.54, 1.807) is 9.20 Å². The number of aryl methyl sites for hydroxylation is 2. The van der Waals surface area contributed by atoms with E-state index in [0.29, 0.717) is 30.3 Å². The van der Waals surface area contributed by atoms with Crippen LogP contribution in [-0.4, -0.2) is 35.5 Å². The topological polar surface area (TPSA) is 99.2 Å².